The van der Waals surface area contributed by atoms with Gasteiger partial charge in [0, 0.05) is 35.3 Å². The van der Waals surface area contributed by atoms with Crippen LogP contribution in [-0.4, -0.2) is 28.4 Å². The highest BCUT2D eigenvalue weighted by Gasteiger charge is 2.24. The quantitative estimate of drug-likeness (QED) is 0.133. The molecule has 0 radical (unpaired) electrons. The van der Waals surface area contributed by atoms with Gasteiger partial charge in [0.05, 0.1) is 24.0 Å². The summed E-state index contributed by atoms with van der Waals surface area (Å²) in [7, 11) is -1.17. The second-order valence-corrected chi connectivity index (χ2v) is 10.8. The number of ketones is 1. The van der Waals surface area contributed by atoms with Crippen molar-refractivity contribution in [3.63, 3.8) is 0 Å². The Hall–Kier alpha value is -6.26. The molecule has 0 unspecified atom stereocenters. The zero-order valence-corrected chi connectivity index (χ0v) is 24.5. The largest absolute Gasteiger partial charge is 0.497 e. The number of hydrogen-bond donors (Lipinski definition) is 0. The second kappa shape index (κ2) is 13.1. The van der Waals surface area contributed by atoms with Gasteiger partial charge < -0.3 is 14.2 Å². The van der Waals surface area contributed by atoms with Gasteiger partial charge >= 0.3 is 0 Å². The van der Waals surface area contributed by atoms with E-state index in [9.17, 15) is 13.2 Å². The molecule has 0 amide bonds. The zero-order valence-electron chi connectivity index (χ0n) is 23.6. The Morgan fingerprint density at radius 3 is 1.48 bits per heavy atom. The van der Waals surface area contributed by atoms with Gasteiger partial charge in [0.15, 0.2) is 11.5 Å². The van der Waals surface area contributed by atoms with E-state index in [0.29, 0.717) is 22.6 Å². The molecule has 0 atom stereocenters. The first-order valence-corrected chi connectivity index (χ1v) is 14.2. The maximum atomic E-state index is 13.7. The van der Waals surface area contributed by atoms with E-state index in [1.807, 2.05) is 0 Å². The summed E-state index contributed by atoms with van der Waals surface area (Å²) >= 11 is 0. The molecule has 0 aliphatic rings. The summed E-state index contributed by atoms with van der Waals surface area (Å²) in [5.41, 5.74) is 1.25. The molecule has 0 N–H and O–H groups in total. The summed E-state index contributed by atoms with van der Waals surface area (Å²) in [5.74, 6) is 1.27. The van der Waals surface area contributed by atoms with Crippen molar-refractivity contribution in [3.8, 4) is 72.9 Å². The van der Waals surface area contributed by atoms with Crippen LogP contribution in [0.3, 0.4) is 0 Å². The SMILES string of the molecule is C#CN(C#C)c1cc(S(=O)(=O)c2ccc(Oc3ccc(C(=O)c4ccc(OC)cc4)cc3)c(N(C#C)C#C)c2)ccc1OC. The van der Waals surface area contributed by atoms with Crippen molar-refractivity contribution >= 4 is 27.0 Å². The maximum absolute atomic E-state index is 13.7. The van der Waals surface area contributed by atoms with E-state index in [-0.39, 0.29) is 38.4 Å². The van der Waals surface area contributed by atoms with Crippen LogP contribution in [0.1, 0.15) is 15.9 Å². The molecular formula is C35H24N2O6S. The van der Waals surface area contributed by atoms with Gasteiger partial charge in [-0.15, -0.1) is 0 Å². The molecule has 216 valence electrons. The molecule has 0 heterocycles. The molecule has 0 aromatic heterocycles. The molecule has 8 nitrogen and oxygen atoms in total. The third-order valence-corrected chi connectivity index (χ3v) is 8.15. The molecule has 0 spiro atoms. The Kier molecular flexibility index (Phi) is 9.17. The average Bonchev–Trinajstić information content (AvgIpc) is 3.06. The summed E-state index contributed by atoms with van der Waals surface area (Å²) < 4.78 is 43.8. The molecule has 4 rings (SSSR count). The van der Waals surface area contributed by atoms with Crippen molar-refractivity contribution < 1.29 is 27.4 Å². The Balaban J connectivity index is 1.68. The van der Waals surface area contributed by atoms with Crippen LogP contribution in [0.2, 0.25) is 0 Å². The summed E-state index contributed by atoms with van der Waals surface area (Å²) in [6.07, 6.45) is 22.2. The molecule has 0 bridgehead atoms. The second-order valence-electron chi connectivity index (χ2n) is 8.84. The van der Waals surface area contributed by atoms with Gasteiger partial charge in [-0.1, -0.05) is 25.7 Å². The molecule has 44 heavy (non-hydrogen) atoms. The van der Waals surface area contributed by atoms with Crippen LogP contribution < -0.4 is 24.0 Å². The third-order valence-electron chi connectivity index (χ3n) is 6.40. The lowest BCUT2D eigenvalue weighted by atomic mass is 10.0. The van der Waals surface area contributed by atoms with Crippen molar-refractivity contribution in [2.24, 2.45) is 0 Å². The minimum absolute atomic E-state index is 0.103. The Bertz CT molecular complexity index is 1960. The number of anilines is 2. The smallest absolute Gasteiger partial charge is 0.206 e. The van der Waals surface area contributed by atoms with E-state index in [1.54, 1.807) is 55.6 Å². The Morgan fingerprint density at radius 1 is 0.614 bits per heavy atom. The summed E-state index contributed by atoms with van der Waals surface area (Å²) in [5, 5.41) is 0. The summed E-state index contributed by atoms with van der Waals surface area (Å²) in [6, 6.07) is 30.6. The number of benzene rings is 4. The van der Waals surface area contributed by atoms with Crippen molar-refractivity contribution in [1.82, 2.24) is 0 Å². The predicted octanol–water partition coefficient (Wildman–Crippen LogP) is 5.54. The van der Waals surface area contributed by atoms with Crippen molar-refractivity contribution in [3.05, 3.63) is 96.1 Å². The number of terminal acetylenes is 4. The zero-order chi connectivity index (χ0) is 31.9. The van der Waals surface area contributed by atoms with Gasteiger partial charge in [-0.05, 0) is 84.9 Å². The Labute approximate surface area is 256 Å². The molecule has 0 saturated heterocycles. The number of sulfone groups is 1. The molecule has 9 heteroatoms. The first kappa shape index (κ1) is 30.7. The topological polar surface area (TPSA) is 85.4 Å². The van der Waals surface area contributed by atoms with Crippen molar-refractivity contribution in [1.29, 1.82) is 0 Å². The van der Waals surface area contributed by atoms with Crippen LogP contribution >= 0.6 is 0 Å². The first-order valence-electron chi connectivity index (χ1n) is 12.7. The number of carbonyl (C=O) groups excluding carboxylic acids is 1. The molecular weight excluding hydrogens is 576 g/mol. The van der Waals surface area contributed by atoms with Crippen LogP contribution in [0.5, 0.6) is 23.0 Å². The van der Waals surface area contributed by atoms with E-state index in [4.69, 9.17) is 39.9 Å². The number of nitrogens with zero attached hydrogens (tertiary/aromatic N) is 2. The average molecular weight is 601 g/mol. The summed E-state index contributed by atoms with van der Waals surface area (Å²) in [4.78, 5) is 14.8. The van der Waals surface area contributed by atoms with E-state index < -0.39 is 9.84 Å². The predicted molar refractivity (Wildman–Crippen MR) is 168 cm³/mol. The normalized spacial score (nSPS) is 10.2. The standard InChI is InChI=1S/C35H24N2O6S/c1-7-36(8-2)31-23-29(19-21-33(31)42-6)44(39,40)30-20-22-34(32(24-30)37(9-3)10-4)43-28-17-13-26(14-18-28)35(38)25-11-15-27(41-5)16-12-25/h1-4,11-24H,5-6H3. The lowest BCUT2D eigenvalue weighted by Crippen LogP contribution is -2.12. The lowest BCUT2D eigenvalue weighted by molar-refractivity contribution is 0.103. The highest BCUT2D eigenvalue weighted by atomic mass is 32.2. The van der Waals surface area contributed by atoms with Crippen LogP contribution in [0.25, 0.3) is 0 Å². The fourth-order valence-electron chi connectivity index (χ4n) is 4.14. The van der Waals surface area contributed by atoms with Gasteiger partial charge in [-0.2, -0.15) is 0 Å². The number of rotatable bonds is 10. The number of methoxy groups -OCH3 is 2. The van der Waals surface area contributed by atoms with Crippen molar-refractivity contribution in [2.45, 2.75) is 9.79 Å². The van der Waals surface area contributed by atoms with Crippen LogP contribution in [-0.2, 0) is 9.84 Å². The van der Waals surface area contributed by atoms with E-state index in [1.165, 1.54) is 43.5 Å². The number of ether oxygens (including phenoxy) is 3. The fourth-order valence-corrected chi connectivity index (χ4v) is 5.44. The maximum Gasteiger partial charge on any atom is 0.206 e. The van der Waals surface area contributed by atoms with Crippen LogP contribution in [0.4, 0.5) is 11.4 Å². The Morgan fingerprint density at radius 2 is 1.05 bits per heavy atom. The van der Waals surface area contributed by atoms with Gasteiger partial charge in [0.1, 0.15) is 28.6 Å². The first-order chi connectivity index (χ1) is 21.2. The van der Waals surface area contributed by atoms with Crippen LogP contribution in [0, 0.1) is 49.9 Å². The number of hydrogen-bond acceptors (Lipinski definition) is 8. The van der Waals surface area contributed by atoms with Gasteiger partial charge in [-0.3, -0.25) is 4.79 Å². The number of carbonyl (C=O) groups is 1. The molecule has 0 saturated carbocycles. The molecule has 0 aliphatic carbocycles. The van der Waals surface area contributed by atoms with Crippen molar-refractivity contribution in [2.75, 3.05) is 24.0 Å². The van der Waals surface area contributed by atoms with Crippen LogP contribution in [0.15, 0.2) is 94.7 Å². The monoisotopic (exact) mass is 600 g/mol. The molecule has 4 aromatic carbocycles. The highest BCUT2D eigenvalue weighted by molar-refractivity contribution is 7.91. The fraction of sp³-hybridized carbons (Fsp3) is 0.0571. The minimum atomic E-state index is -4.13. The molecule has 0 fully saturated rings. The van der Waals surface area contributed by atoms with E-state index in [2.05, 4.69) is 24.2 Å². The van der Waals surface area contributed by atoms with Gasteiger partial charge in [0.2, 0.25) is 9.84 Å². The van der Waals surface area contributed by atoms with E-state index >= 15 is 0 Å². The van der Waals surface area contributed by atoms with Gasteiger partial charge in [0.25, 0.3) is 0 Å². The minimum Gasteiger partial charge on any atom is -0.497 e. The van der Waals surface area contributed by atoms with E-state index in [0.717, 1.165) is 9.80 Å². The molecule has 0 aliphatic heterocycles. The molecule has 4 aromatic rings. The lowest BCUT2D eigenvalue weighted by Gasteiger charge is -2.18. The highest BCUT2D eigenvalue weighted by Crippen LogP contribution is 2.38. The van der Waals surface area contributed by atoms with Gasteiger partial charge in [-0.25, -0.2) is 18.2 Å². The third kappa shape index (κ3) is 6.15. The summed E-state index contributed by atoms with van der Waals surface area (Å²) in [6.45, 7) is 0.